The standard InChI is InChI=1S/C57H107N2O6P/c1-6-8-10-12-14-16-18-20-21-22-23-24-25-26-27-28-29-30-31-32-33-34-35-36-37-39-41-43-45-47-49-51-57(61)58-55(54-65-66(62,63)64-53-52-59(3,4)5)56(60)50-48-46-44-42-40-38-19-17-15-13-11-9-7-2/h8,10,14,16,20-21,23-24,48,50,55-56,60H,6-7,9,11-13,15,17-19,22,25-47,49,51-54H2,1-5H3,(H-,58,61,62,63)/b10-8-,16-14-,21-20-,24-23-,50-48+. The second-order valence-corrected chi connectivity index (χ2v) is 21.3. The molecular weight excluding hydrogens is 840 g/mol. The molecule has 386 valence electrons. The van der Waals surface area contributed by atoms with E-state index in [1.165, 1.54) is 161 Å². The summed E-state index contributed by atoms with van der Waals surface area (Å²) in [6.45, 7) is 4.54. The highest BCUT2D eigenvalue weighted by atomic mass is 31.2. The molecule has 0 saturated carbocycles. The molecule has 3 atom stereocenters. The average Bonchev–Trinajstić information content (AvgIpc) is 3.28. The molecule has 0 rings (SSSR count). The largest absolute Gasteiger partial charge is 0.756 e. The molecule has 9 heteroatoms. The van der Waals surface area contributed by atoms with E-state index in [9.17, 15) is 19.4 Å². The number of aliphatic hydroxyl groups is 1. The van der Waals surface area contributed by atoms with Crippen molar-refractivity contribution >= 4 is 13.7 Å². The lowest BCUT2D eigenvalue weighted by molar-refractivity contribution is -0.870. The normalized spacial score (nSPS) is 14.5. The molecule has 0 radical (unpaired) electrons. The van der Waals surface area contributed by atoms with Crippen molar-refractivity contribution in [1.82, 2.24) is 5.32 Å². The van der Waals surface area contributed by atoms with Gasteiger partial charge in [0.15, 0.2) is 0 Å². The molecule has 0 aromatic rings. The highest BCUT2D eigenvalue weighted by molar-refractivity contribution is 7.45. The second kappa shape index (κ2) is 48.2. The number of nitrogens with zero attached hydrogens (tertiary/aromatic N) is 1. The first-order chi connectivity index (χ1) is 32.0. The first-order valence-corrected chi connectivity index (χ1v) is 29.1. The zero-order valence-corrected chi connectivity index (χ0v) is 44.8. The van der Waals surface area contributed by atoms with E-state index in [1.54, 1.807) is 6.08 Å². The lowest BCUT2D eigenvalue weighted by Gasteiger charge is -2.29. The summed E-state index contributed by atoms with van der Waals surface area (Å²) in [5.41, 5.74) is 0. The Hall–Kier alpha value is -1.80. The summed E-state index contributed by atoms with van der Waals surface area (Å²) < 4.78 is 23.3. The van der Waals surface area contributed by atoms with Gasteiger partial charge in [0.1, 0.15) is 13.2 Å². The molecular formula is C57H107N2O6P. The molecule has 0 spiro atoms. The van der Waals surface area contributed by atoms with Crippen molar-refractivity contribution < 1.29 is 32.9 Å². The maximum absolute atomic E-state index is 12.9. The number of unbranched alkanes of at least 4 members (excludes halogenated alkanes) is 29. The quantitative estimate of drug-likeness (QED) is 0.0272. The summed E-state index contributed by atoms with van der Waals surface area (Å²) in [5.74, 6) is -0.197. The van der Waals surface area contributed by atoms with Gasteiger partial charge in [-0.3, -0.25) is 9.36 Å². The van der Waals surface area contributed by atoms with Gasteiger partial charge in [0.05, 0.1) is 39.9 Å². The molecule has 0 bridgehead atoms. The van der Waals surface area contributed by atoms with Crippen molar-refractivity contribution in [2.75, 3.05) is 40.9 Å². The Morgan fingerprint density at radius 2 is 0.924 bits per heavy atom. The lowest BCUT2D eigenvalue weighted by Crippen LogP contribution is -2.45. The number of likely N-dealkylation sites (N-methyl/N-ethyl adjacent to an activating group) is 1. The van der Waals surface area contributed by atoms with Crippen LogP contribution >= 0.6 is 7.82 Å². The number of amides is 1. The summed E-state index contributed by atoms with van der Waals surface area (Å²) in [5, 5.41) is 13.8. The van der Waals surface area contributed by atoms with Crippen LogP contribution in [0, 0.1) is 0 Å². The van der Waals surface area contributed by atoms with Crippen LogP contribution in [0.3, 0.4) is 0 Å². The molecule has 0 fully saturated rings. The summed E-state index contributed by atoms with van der Waals surface area (Å²) >= 11 is 0. The molecule has 66 heavy (non-hydrogen) atoms. The highest BCUT2D eigenvalue weighted by Gasteiger charge is 2.23. The monoisotopic (exact) mass is 947 g/mol. The van der Waals surface area contributed by atoms with E-state index in [-0.39, 0.29) is 19.1 Å². The van der Waals surface area contributed by atoms with Gasteiger partial charge >= 0.3 is 0 Å². The van der Waals surface area contributed by atoms with Crippen molar-refractivity contribution in [3.05, 3.63) is 60.8 Å². The van der Waals surface area contributed by atoms with E-state index < -0.39 is 20.0 Å². The van der Waals surface area contributed by atoms with E-state index in [2.05, 4.69) is 67.8 Å². The predicted octanol–water partition coefficient (Wildman–Crippen LogP) is 15.9. The third-order valence-corrected chi connectivity index (χ3v) is 13.2. The maximum atomic E-state index is 12.9. The van der Waals surface area contributed by atoms with Gasteiger partial charge in [0.2, 0.25) is 5.91 Å². The number of nitrogens with one attached hydrogen (secondary N) is 1. The molecule has 8 nitrogen and oxygen atoms in total. The maximum Gasteiger partial charge on any atom is 0.268 e. The van der Waals surface area contributed by atoms with Crippen LogP contribution in [-0.2, 0) is 18.4 Å². The number of aliphatic hydroxyl groups excluding tert-OH is 1. The molecule has 3 unspecified atom stereocenters. The van der Waals surface area contributed by atoms with Gasteiger partial charge in [0, 0.05) is 6.42 Å². The number of hydrogen-bond acceptors (Lipinski definition) is 6. The van der Waals surface area contributed by atoms with Crippen molar-refractivity contribution in [3.63, 3.8) is 0 Å². The third kappa shape index (κ3) is 50.1. The molecule has 0 saturated heterocycles. The van der Waals surface area contributed by atoms with E-state index in [0.717, 1.165) is 64.2 Å². The fourth-order valence-electron chi connectivity index (χ4n) is 7.91. The molecule has 0 aromatic carbocycles. The molecule has 0 aliphatic carbocycles. The fraction of sp³-hybridized carbons (Fsp3) is 0.807. The number of rotatable bonds is 50. The topological polar surface area (TPSA) is 108 Å². The first kappa shape index (κ1) is 64.2. The van der Waals surface area contributed by atoms with E-state index >= 15 is 0 Å². The number of hydrogen-bond donors (Lipinski definition) is 2. The van der Waals surface area contributed by atoms with Gasteiger partial charge in [-0.2, -0.15) is 0 Å². The number of quaternary nitrogens is 1. The number of phosphoric ester groups is 1. The SMILES string of the molecule is CC/C=C\C/C=C\C/C=C\C/C=C\CCCCCCCCCCCCCCCCCCCCC(=O)NC(COP(=O)([O-])OCC[N+](C)(C)C)C(O)/C=C/CCCCCCCCCCCCC. The summed E-state index contributed by atoms with van der Waals surface area (Å²) in [6.07, 6.45) is 64.4. The van der Waals surface area contributed by atoms with Crippen LogP contribution in [0.25, 0.3) is 0 Å². The van der Waals surface area contributed by atoms with Crippen LogP contribution < -0.4 is 10.2 Å². The molecule has 2 N–H and O–H groups in total. The lowest BCUT2D eigenvalue weighted by atomic mass is 10.0. The molecule has 0 aliphatic heterocycles. The number of carbonyl (C=O) groups excluding carboxylic acids is 1. The average molecular weight is 947 g/mol. The third-order valence-electron chi connectivity index (χ3n) is 12.2. The van der Waals surface area contributed by atoms with Gasteiger partial charge in [-0.1, -0.05) is 242 Å². The Bertz CT molecular complexity index is 1260. The first-order valence-electron chi connectivity index (χ1n) is 27.7. The molecule has 0 aromatic heterocycles. The van der Waals surface area contributed by atoms with Gasteiger partial charge < -0.3 is 28.8 Å². The Kier molecular flexibility index (Phi) is 46.9. The van der Waals surface area contributed by atoms with Crippen molar-refractivity contribution in [1.29, 1.82) is 0 Å². The van der Waals surface area contributed by atoms with E-state index in [4.69, 9.17) is 9.05 Å². The number of carbonyl (C=O) groups is 1. The zero-order chi connectivity index (χ0) is 48.5. The Balaban J connectivity index is 4.06. The molecule has 0 heterocycles. The minimum Gasteiger partial charge on any atom is -0.756 e. The Morgan fingerprint density at radius 1 is 0.545 bits per heavy atom. The second-order valence-electron chi connectivity index (χ2n) is 19.9. The van der Waals surface area contributed by atoms with Crippen LogP contribution in [0.1, 0.15) is 245 Å². The van der Waals surface area contributed by atoms with E-state index in [1.807, 2.05) is 27.2 Å². The molecule has 0 aliphatic rings. The summed E-state index contributed by atoms with van der Waals surface area (Å²) in [7, 11) is 1.26. The van der Waals surface area contributed by atoms with Crippen LogP contribution in [0.2, 0.25) is 0 Å². The Morgan fingerprint density at radius 3 is 1.35 bits per heavy atom. The van der Waals surface area contributed by atoms with Gasteiger partial charge in [-0.05, 0) is 57.8 Å². The van der Waals surface area contributed by atoms with Crippen molar-refractivity contribution in [3.8, 4) is 0 Å². The van der Waals surface area contributed by atoms with Crippen LogP contribution in [0.4, 0.5) is 0 Å². The van der Waals surface area contributed by atoms with Crippen molar-refractivity contribution in [2.24, 2.45) is 0 Å². The van der Waals surface area contributed by atoms with Gasteiger partial charge in [-0.15, -0.1) is 0 Å². The number of allylic oxidation sites excluding steroid dienone is 9. The fourth-order valence-corrected chi connectivity index (χ4v) is 8.63. The summed E-state index contributed by atoms with van der Waals surface area (Å²) in [4.78, 5) is 25.4. The minimum absolute atomic E-state index is 0.00117. The van der Waals surface area contributed by atoms with Crippen LogP contribution in [0.5, 0.6) is 0 Å². The predicted molar refractivity (Wildman–Crippen MR) is 284 cm³/mol. The highest BCUT2D eigenvalue weighted by Crippen LogP contribution is 2.38. The zero-order valence-electron chi connectivity index (χ0n) is 43.9. The van der Waals surface area contributed by atoms with Gasteiger partial charge in [0.25, 0.3) is 7.82 Å². The summed E-state index contributed by atoms with van der Waals surface area (Å²) in [6, 6.07) is -0.886. The van der Waals surface area contributed by atoms with E-state index in [0.29, 0.717) is 17.4 Å². The Labute approximate surface area is 409 Å². The molecule has 1 amide bonds. The van der Waals surface area contributed by atoms with Crippen LogP contribution in [-0.4, -0.2) is 68.5 Å². The van der Waals surface area contributed by atoms with Crippen molar-refractivity contribution in [2.45, 2.75) is 257 Å². The van der Waals surface area contributed by atoms with Crippen LogP contribution in [0.15, 0.2) is 60.8 Å². The van der Waals surface area contributed by atoms with Gasteiger partial charge in [-0.25, -0.2) is 0 Å². The minimum atomic E-state index is -4.59. The smallest absolute Gasteiger partial charge is 0.268 e. The number of phosphoric acid groups is 1.